The Bertz CT molecular complexity index is 517. The predicted molar refractivity (Wildman–Crippen MR) is 80.5 cm³/mol. The quantitative estimate of drug-likeness (QED) is 0.802. The molecule has 1 fully saturated rings. The molecule has 0 amide bonds. The van der Waals surface area contributed by atoms with Crippen LogP contribution in [-0.2, 0) is 0 Å². The third-order valence-corrected chi connectivity index (χ3v) is 4.69. The predicted octanol–water partition coefficient (Wildman–Crippen LogP) is 3.54. The lowest BCUT2D eigenvalue weighted by Crippen LogP contribution is -2.51. The highest BCUT2D eigenvalue weighted by Gasteiger charge is 2.44. The van der Waals surface area contributed by atoms with Gasteiger partial charge in [-0.3, -0.25) is 4.99 Å². The van der Waals surface area contributed by atoms with Crippen molar-refractivity contribution in [3.63, 3.8) is 0 Å². The maximum absolute atomic E-state index is 4.95. The van der Waals surface area contributed by atoms with E-state index in [-0.39, 0.29) is 5.54 Å². The molecule has 0 bridgehead atoms. The Balaban J connectivity index is 1.85. The van der Waals surface area contributed by atoms with Crippen LogP contribution in [0.4, 0.5) is 0 Å². The summed E-state index contributed by atoms with van der Waals surface area (Å²) in [5.41, 5.74) is 2.65. The molecule has 2 heteroatoms. The Morgan fingerprint density at radius 3 is 2.79 bits per heavy atom. The second kappa shape index (κ2) is 4.52. The molecular formula is C17H22N2. The molecular weight excluding hydrogens is 232 g/mol. The van der Waals surface area contributed by atoms with Crippen LogP contribution in [0.3, 0.4) is 0 Å². The maximum Gasteiger partial charge on any atom is 0.129 e. The molecule has 2 nitrogen and oxygen atoms in total. The zero-order valence-electron chi connectivity index (χ0n) is 11.8. The van der Waals surface area contributed by atoms with Crippen LogP contribution in [0.5, 0.6) is 0 Å². The van der Waals surface area contributed by atoms with Gasteiger partial charge in [-0.15, -0.1) is 0 Å². The maximum atomic E-state index is 4.95. The van der Waals surface area contributed by atoms with E-state index in [9.17, 15) is 0 Å². The van der Waals surface area contributed by atoms with E-state index in [0.717, 1.165) is 12.3 Å². The molecule has 0 aromatic heterocycles. The normalized spacial score (nSPS) is 33.3. The first-order chi connectivity index (χ1) is 9.08. The molecule has 1 N–H and O–H groups in total. The van der Waals surface area contributed by atoms with E-state index >= 15 is 0 Å². The summed E-state index contributed by atoms with van der Waals surface area (Å²) >= 11 is 0. The van der Waals surface area contributed by atoms with Gasteiger partial charge in [0.05, 0.1) is 11.6 Å². The lowest BCUT2D eigenvalue weighted by atomic mass is 9.73. The number of amidine groups is 1. The minimum Gasteiger partial charge on any atom is -0.363 e. The van der Waals surface area contributed by atoms with Gasteiger partial charge in [-0.2, -0.15) is 0 Å². The summed E-state index contributed by atoms with van der Waals surface area (Å²) in [6.45, 7) is 8.59. The summed E-state index contributed by atoms with van der Waals surface area (Å²) in [5, 5.41) is 3.67. The summed E-state index contributed by atoms with van der Waals surface area (Å²) in [4.78, 5) is 4.95. The monoisotopic (exact) mass is 254 g/mol. The van der Waals surface area contributed by atoms with E-state index < -0.39 is 0 Å². The molecule has 0 spiro atoms. The summed E-state index contributed by atoms with van der Waals surface area (Å²) < 4.78 is 0. The van der Waals surface area contributed by atoms with Crippen LogP contribution in [0.1, 0.15) is 38.7 Å². The fourth-order valence-electron chi connectivity index (χ4n) is 3.28. The minimum absolute atomic E-state index is 0.136. The van der Waals surface area contributed by atoms with Crippen molar-refractivity contribution >= 4 is 5.84 Å². The molecule has 1 unspecified atom stereocenters. The van der Waals surface area contributed by atoms with Crippen molar-refractivity contribution in [3.8, 4) is 0 Å². The average Bonchev–Trinajstić information content (AvgIpc) is 2.76. The number of aliphatic imine (C=N–C) groups is 1. The highest BCUT2D eigenvalue weighted by Crippen LogP contribution is 2.39. The van der Waals surface area contributed by atoms with Gasteiger partial charge in [0, 0.05) is 5.56 Å². The lowest BCUT2D eigenvalue weighted by Gasteiger charge is -2.39. The van der Waals surface area contributed by atoms with Gasteiger partial charge < -0.3 is 5.32 Å². The molecule has 1 aliphatic heterocycles. The first kappa shape index (κ1) is 12.5. The van der Waals surface area contributed by atoms with E-state index in [1.165, 1.54) is 24.0 Å². The van der Waals surface area contributed by atoms with Crippen molar-refractivity contribution in [2.24, 2.45) is 10.9 Å². The number of hydrogen-bond donors (Lipinski definition) is 1. The van der Waals surface area contributed by atoms with Crippen LogP contribution < -0.4 is 5.32 Å². The number of nitrogens with one attached hydrogen (secondary N) is 1. The third-order valence-electron chi connectivity index (χ3n) is 4.69. The van der Waals surface area contributed by atoms with Crippen LogP contribution in [0.25, 0.3) is 0 Å². The Hall–Kier alpha value is -1.57. The van der Waals surface area contributed by atoms with Crippen LogP contribution in [0.2, 0.25) is 0 Å². The van der Waals surface area contributed by atoms with Gasteiger partial charge in [0.25, 0.3) is 0 Å². The molecule has 0 radical (unpaired) electrons. The van der Waals surface area contributed by atoms with Gasteiger partial charge in [-0.1, -0.05) is 42.5 Å². The SMILES string of the molecule is C=C(C)[C@H]1CC[C@@]2(C)NC(c3ccccc3)=NC2C1. The summed E-state index contributed by atoms with van der Waals surface area (Å²) in [6.07, 6.45) is 3.54. The molecule has 0 saturated heterocycles. The average molecular weight is 254 g/mol. The van der Waals surface area contributed by atoms with Crippen LogP contribution in [0.15, 0.2) is 47.5 Å². The zero-order chi connectivity index (χ0) is 13.5. The van der Waals surface area contributed by atoms with Gasteiger partial charge in [0.2, 0.25) is 0 Å². The van der Waals surface area contributed by atoms with Gasteiger partial charge in [-0.05, 0) is 39.0 Å². The van der Waals surface area contributed by atoms with E-state index in [2.05, 4.69) is 50.0 Å². The topological polar surface area (TPSA) is 24.4 Å². The Morgan fingerprint density at radius 1 is 1.37 bits per heavy atom. The fraction of sp³-hybridized carbons (Fsp3) is 0.471. The molecule has 1 aromatic carbocycles. The second-order valence-corrected chi connectivity index (χ2v) is 6.22. The largest absolute Gasteiger partial charge is 0.363 e. The number of nitrogens with zero attached hydrogens (tertiary/aromatic N) is 1. The summed E-state index contributed by atoms with van der Waals surface area (Å²) in [7, 11) is 0. The Morgan fingerprint density at radius 2 is 2.11 bits per heavy atom. The van der Waals surface area contributed by atoms with Crippen molar-refractivity contribution in [1.82, 2.24) is 5.32 Å². The number of allylic oxidation sites excluding steroid dienone is 1. The zero-order valence-corrected chi connectivity index (χ0v) is 11.8. The van der Waals surface area contributed by atoms with Crippen LogP contribution in [0, 0.1) is 5.92 Å². The standard InChI is InChI=1S/C17H22N2/c1-12(2)14-9-10-17(3)15(11-14)18-16(19-17)13-7-5-4-6-8-13/h4-8,14-15H,1,9-11H2,2-3H3,(H,18,19)/t14-,15?,17+/m0/s1. The third kappa shape index (κ3) is 2.20. The Kier molecular flexibility index (Phi) is 2.96. The second-order valence-electron chi connectivity index (χ2n) is 6.22. The molecule has 2 aliphatic rings. The minimum atomic E-state index is 0.136. The molecule has 19 heavy (non-hydrogen) atoms. The van der Waals surface area contributed by atoms with Crippen molar-refractivity contribution in [3.05, 3.63) is 48.0 Å². The van der Waals surface area contributed by atoms with E-state index in [1.807, 2.05) is 6.07 Å². The van der Waals surface area contributed by atoms with Crippen molar-refractivity contribution in [1.29, 1.82) is 0 Å². The number of fused-ring (bicyclic) bond motifs is 1. The van der Waals surface area contributed by atoms with Crippen molar-refractivity contribution < 1.29 is 0 Å². The van der Waals surface area contributed by atoms with Crippen LogP contribution in [-0.4, -0.2) is 17.4 Å². The lowest BCUT2D eigenvalue weighted by molar-refractivity contribution is 0.231. The molecule has 1 aliphatic carbocycles. The van der Waals surface area contributed by atoms with Gasteiger partial charge in [-0.25, -0.2) is 0 Å². The van der Waals surface area contributed by atoms with E-state index in [1.54, 1.807) is 0 Å². The van der Waals surface area contributed by atoms with Crippen molar-refractivity contribution in [2.45, 2.75) is 44.7 Å². The number of hydrogen-bond acceptors (Lipinski definition) is 2. The van der Waals surface area contributed by atoms with Gasteiger partial charge in [0.1, 0.15) is 5.84 Å². The fourth-order valence-corrected chi connectivity index (χ4v) is 3.28. The highest BCUT2D eigenvalue weighted by molar-refractivity contribution is 6.00. The Labute approximate surface area is 115 Å². The molecule has 100 valence electrons. The van der Waals surface area contributed by atoms with Crippen LogP contribution >= 0.6 is 0 Å². The van der Waals surface area contributed by atoms with E-state index in [0.29, 0.717) is 12.0 Å². The molecule has 1 heterocycles. The number of benzene rings is 1. The van der Waals surface area contributed by atoms with E-state index in [4.69, 9.17) is 4.99 Å². The van der Waals surface area contributed by atoms with Crippen molar-refractivity contribution in [2.75, 3.05) is 0 Å². The number of rotatable bonds is 2. The summed E-state index contributed by atoms with van der Waals surface area (Å²) in [5.74, 6) is 1.70. The van der Waals surface area contributed by atoms with Gasteiger partial charge >= 0.3 is 0 Å². The van der Waals surface area contributed by atoms with Gasteiger partial charge in [0.15, 0.2) is 0 Å². The molecule has 3 rings (SSSR count). The smallest absolute Gasteiger partial charge is 0.129 e. The first-order valence-corrected chi connectivity index (χ1v) is 7.15. The highest BCUT2D eigenvalue weighted by atomic mass is 15.2. The summed E-state index contributed by atoms with van der Waals surface area (Å²) in [6, 6.07) is 10.8. The molecule has 1 saturated carbocycles. The first-order valence-electron chi connectivity index (χ1n) is 7.15. The molecule has 1 aromatic rings. The molecule has 3 atom stereocenters.